The van der Waals surface area contributed by atoms with Crippen LogP contribution >= 0.6 is 15.9 Å². The van der Waals surface area contributed by atoms with Crippen molar-refractivity contribution < 1.29 is 9.13 Å². The lowest BCUT2D eigenvalue weighted by Crippen LogP contribution is -2.15. The topological polar surface area (TPSA) is 35.2 Å². The Morgan fingerprint density at radius 2 is 1.90 bits per heavy atom. The van der Waals surface area contributed by atoms with Crippen molar-refractivity contribution in [3.63, 3.8) is 0 Å². The van der Waals surface area contributed by atoms with Crippen LogP contribution in [0.15, 0.2) is 46.9 Å². The minimum Gasteiger partial charge on any atom is -0.496 e. The first-order valence-electron chi connectivity index (χ1n) is 6.42. The van der Waals surface area contributed by atoms with Gasteiger partial charge in [0.1, 0.15) is 11.6 Å². The molecule has 20 heavy (non-hydrogen) atoms. The number of hydrogen-bond donors (Lipinski definition) is 1. The predicted octanol–water partition coefficient (Wildman–Crippen LogP) is 3.88. The van der Waals surface area contributed by atoms with Gasteiger partial charge in [-0.15, -0.1) is 0 Å². The summed E-state index contributed by atoms with van der Waals surface area (Å²) in [6.07, 6.45) is 0.810. The predicted molar refractivity (Wildman–Crippen MR) is 82.6 cm³/mol. The molecule has 0 aliphatic carbocycles. The number of methoxy groups -OCH3 is 1. The molecule has 0 aliphatic heterocycles. The molecule has 1 unspecified atom stereocenters. The highest BCUT2D eigenvalue weighted by Gasteiger charge is 2.12. The Kier molecular flexibility index (Phi) is 5.15. The molecule has 0 radical (unpaired) electrons. The third-order valence-corrected chi connectivity index (χ3v) is 3.94. The monoisotopic (exact) mass is 337 g/mol. The maximum atomic E-state index is 13.0. The SMILES string of the molecule is COc1ccc(CC(CN)c2ccc(F)cc2)cc1Br. The largest absolute Gasteiger partial charge is 0.496 e. The van der Waals surface area contributed by atoms with E-state index in [2.05, 4.69) is 15.9 Å². The molecule has 1 atom stereocenters. The summed E-state index contributed by atoms with van der Waals surface area (Å²) in [5, 5.41) is 0. The Labute approximate surface area is 126 Å². The Bertz CT molecular complexity index is 571. The van der Waals surface area contributed by atoms with E-state index in [1.807, 2.05) is 18.2 Å². The second kappa shape index (κ2) is 6.86. The molecule has 2 N–H and O–H groups in total. The van der Waals surface area contributed by atoms with Crippen LogP contribution in [0.5, 0.6) is 5.75 Å². The van der Waals surface area contributed by atoms with Gasteiger partial charge in [0.2, 0.25) is 0 Å². The van der Waals surface area contributed by atoms with E-state index in [0.717, 1.165) is 27.8 Å². The third kappa shape index (κ3) is 3.58. The van der Waals surface area contributed by atoms with Gasteiger partial charge in [0, 0.05) is 5.92 Å². The molecule has 106 valence electrons. The molecular weight excluding hydrogens is 321 g/mol. The first-order chi connectivity index (χ1) is 9.63. The Morgan fingerprint density at radius 1 is 1.20 bits per heavy atom. The second-order valence-corrected chi connectivity index (χ2v) is 5.51. The molecule has 2 aromatic carbocycles. The summed E-state index contributed by atoms with van der Waals surface area (Å²) >= 11 is 3.48. The zero-order valence-electron chi connectivity index (χ0n) is 11.3. The van der Waals surface area contributed by atoms with Crippen molar-refractivity contribution in [3.8, 4) is 5.75 Å². The van der Waals surface area contributed by atoms with Crippen molar-refractivity contribution in [1.82, 2.24) is 0 Å². The first-order valence-corrected chi connectivity index (χ1v) is 7.21. The summed E-state index contributed by atoms with van der Waals surface area (Å²) in [5.41, 5.74) is 8.08. The van der Waals surface area contributed by atoms with Gasteiger partial charge < -0.3 is 10.5 Å². The molecule has 0 bridgehead atoms. The number of nitrogens with two attached hydrogens (primary N) is 1. The Balaban J connectivity index is 2.17. The maximum Gasteiger partial charge on any atom is 0.133 e. The van der Waals surface area contributed by atoms with Crippen LogP contribution in [-0.2, 0) is 6.42 Å². The quantitative estimate of drug-likeness (QED) is 0.898. The standard InChI is InChI=1S/C16H17BrFNO/c1-20-16-7-2-11(9-15(16)17)8-13(10-19)12-3-5-14(18)6-4-12/h2-7,9,13H,8,10,19H2,1H3. The molecule has 0 amide bonds. The highest BCUT2D eigenvalue weighted by Crippen LogP contribution is 2.28. The average Bonchev–Trinajstić information content (AvgIpc) is 2.46. The van der Waals surface area contributed by atoms with Crippen molar-refractivity contribution in [3.05, 3.63) is 63.9 Å². The average molecular weight is 338 g/mol. The third-order valence-electron chi connectivity index (χ3n) is 3.32. The minimum atomic E-state index is -0.225. The second-order valence-electron chi connectivity index (χ2n) is 4.66. The van der Waals surface area contributed by atoms with Crippen LogP contribution in [0.25, 0.3) is 0 Å². The molecule has 0 aromatic heterocycles. The molecule has 0 fully saturated rings. The van der Waals surface area contributed by atoms with Gasteiger partial charge in [0.25, 0.3) is 0 Å². The molecule has 0 saturated carbocycles. The molecular formula is C16H17BrFNO. The fourth-order valence-corrected chi connectivity index (χ4v) is 2.78. The van der Waals surface area contributed by atoms with E-state index < -0.39 is 0 Å². The van der Waals surface area contributed by atoms with Gasteiger partial charge >= 0.3 is 0 Å². The zero-order valence-corrected chi connectivity index (χ0v) is 12.9. The molecule has 4 heteroatoms. The van der Waals surface area contributed by atoms with Crippen LogP contribution in [-0.4, -0.2) is 13.7 Å². The summed E-state index contributed by atoms with van der Waals surface area (Å²) in [4.78, 5) is 0. The van der Waals surface area contributed by atoms with E-state index in [4.69, 9.17) is 10.5 Å². The van der Waals surface area contributed by atoms with E-state index >= 15 is 0 Å². The summed E-state index contributed by atoms with van der Waals surface area (Å²) < 4.78 is 19.1. The van der Waals surface area contributed by atoms with Gasteiger partial charge in [0.15, 0.2) is 0 Å². The summed E-state index contributed by atoms with van der Waals surface area (Å²) in [6, 6.07) is 12.5. The molecule has 2 nitrogen and oxygen atoms in total. The van der Waals surface area contributed by atoms with E-state index in [1.165, 1.54) is 12.1 Å². The first kappa shape index (κ1) is 15.0. The minimum absolute atomic E-state index is 0.177. The van der Waals surface area contributed by atoms with Gasteiger partial charge in [0.05, 0.1) is 11.6 Å². The van der Waals surface area contributed by atoms with E-state index in [-0.39, 0.29) is 11.7 Å². The molecule has 2 aromatic rings. The molecule has 0 heterocycles. The van der Waals surface area contributed by atoms with Gasteiger partial charge in [-0.1, -0.05) is 18.2 Å². The lowest BCUT2D eigenvalue weighted by Gasteiger charge is -2.16. The van der Waals surface area contributed by atoms with Gasteiger partial charge in [-0.05, 0) is 64.3 Å². The number of ether oxygens (including phenoxy) is 1. The summed E-state index contributed by atoms with van der Waals surface area (Å²) in [6.45, 7) is 0.523. The van der Waals surface area contributed by atoms with Crippen LogP contribution in [0.2, 0.25) is 0 Å². The van der Waals surface area contributed by atoms with Crippen molar-refractivity contribution >= 4 is 15.9 Å². The van der Waals surface area contributed by atoms with Crippen LogP contribution in [0, 0.1) is 5.82 Å². The molecule has 0 spiro atoms. The van der Waals surface area contributed by atoms with E-state index in [1.54, 1.807) is 19.2 Å². The fraction of sp³-hybridized carbons (Fsp3) is 0.250. The van der Waals surface area contributed by atoms with Gasteiger partial charge in [-0.2, -0.15) is 0 Å². The number of halogens is 2. The smallest absolute Gasteiger partial charge is 0.133 e. The summed E-state index contributed by atoms with van der Waals surface area (Å²) in [5.74, 6) is 0.757. The Morgan fingerprint density at radius 3 is 2.45 bits per heavy atom. The Hall–Kier alpha value is -1.39. The number of hydrogen-bond acceptors (Lipinski definition) is 2. The lowest BCUT2D eigenvalue weighted by atomic mass is 9.92. The highest BCUT2D eigenvalue weighted by atomic mass is 79.9. The van der Waals surface area contributed by atoms with Gasteiger partial charge in [-0.3, -0.25) is 0 Å². The lowest BCUT2D eigenvalue weighted by molar-refractivity contribution is 0.412. The van der Waals surface area contributed by atoms with Gasteiger partial charge in [-0.25, -0.2) is 4.39 Å². The molecule has 0 saturated heterocycles. The van der Waals surface area contributed by atoms with E-state index in [9.17, 15) is 4.39 Å². The summed E-state index contributed by atoms with van der Waals surface area (Å²) in [7, 11) is 1.64. The van der Waals surface area contributed by atoms with Crippen LogP contribution < -0.4 is 10.5 Å². The fourth-order valence-electron chi connectivity index (χ4n) is 2.19. The number of rotatable bonds is 5. The molecule has 2 rings (SSSR count). The van der Waals surface area contributed by atoms with Crippen LogP contribution in [0.3, 0.4) is 0 Å². The van der Waals surface area contributed by atoms with Crippen LogP contribution in [0.4, 0.5) is 4.39 Å². The van der Waals surface area contributed by atoms with Crippen molar-refractivity contribution in [2.24, 2.45) is 5.73 Å². The van der Waals surface area contributed by atoms with Crippen LogP contribution in [0.1, 0.15) is 17.0 Å². The number of benzene rings is 2. The zero-order chi connectivity index (χ0) is 14.5. The van der Waals surface area contributed by atoms with Crippen molar-refractivity contribution in [2.45, 2.75) is 12.3 Å². The highest BCUT2D eigenvalue weighted by molar-refractivity contribution is 9.10. The van der Waals surface area contributed by atoms with E-state index in [0.29, 0.717) is 6.54 Å². The normalized spacial score (nSPS) is 12.2. The van der Waals surface area contributed by atoms with Crippen molar-refractivity contribution in [2.75, 3.05) is 13.7 Å². The molecule has 0 aliphatic rings. The maximum absolute atomic E-state index is 13.0. The van der Waals surface area contributed by atoms with Crippen molar-refractivity contribution in [1.29, 1.82) is 0 Å².